The molecule has 0 spiro atoms. The summed E-state index contributed by atoms with van der Waals surface area (Å²) in [6.07, 6.45) is 5.47. The number of carbonyl (C=O) groups is 1. The third-order valence-electron chi connectivity index (χ3n) is 4.67. The highest BCUT2D eigenvalue weighted by molar-refractivity contribution is 5.91. The number of benzene rings is 1. The molecule has 7 nitrogen and oxygen atoms in total. The van der Waals surface area contributed by atoms with E-state index in [0.717, 1.165) is 37.6 Å². The van der Waals surface area contributed by atoms with E-state index in [1.54, 1.807) is 12.4 Å². The Bertz CT molecular complexity index is 893. The summed E-state index contributed by atoms with van der Waals surface area (Å²) < 4.78 is 0. The van der Waals surface area contributed by atoms with Crippen molar-refractivity contribution in [3.05, 3.63) is 72.7 Å². The van der Waals surface area contributed by atoms with Gasteiger partial charge in [0.15, 0.2) is 0 Å². The second-order valence-electron chi connectivity index (χ2n) is 6.64. The molecule has 4 rings (SSSR count). The summed E-state index contributed by atoms with van der Waals surface area (Å²) in [5.74, 6) is 1.60. The summed E-state index contributed by atoms with van der Waals surface area (Å²) in [4.78, 5) is 29.8. The van der Waals surface area contributed by atoms with Crippen LogP contribution < -0.4 is 15.1 Å². The molecule has 1 saturated heterocycles. The first-order valence-electron chi connectivity index (χ1n) is 9.35. The smallest absolute Gasteiger partial charge is 0.228 e. The molecule has 3 heterocycles. The molecule has 2 aromatic heterocycles. The predicted molar refractivity (Wildman–Crippen MR) is 109 cm³/mol. The summed E-state index contributed by atoms with van der Waals surface area (Å²) in [7, 11) is 0. The number of carbonyl (C=O) groups excluding carboxylic acids is 1. The van der Waals surface area contributed by atoms with Gasteiger partial charge in [-0.3, -0.25) is 4.79 Å². The maximum Gasteiger partial charge on any atom is 0.228 e. The molecule has 0 saturated carbocycles. The molecule has 1 aliphatic heterocycles. The van der Waals surface area contributed by atoms with E-state index < -0.39 is 0 Å². The zero-order valence-electron chi connectivity index (χ0n) is 15.5. The van der Waals surface area contributed by atoms with E-state index in [1.807, 2.05) is 54.7 Å². The van der Waals surface area contributed by atoms with Crippen molar-refractivity contribution in [3.63, 3.8) is 0 Å². The van der Waals surface area contributed by atoms with Crippen LogP contribution in [-0.2, 0) is 11.2 Å². The number of piperazine rings is 1. The molecule has 1 aromatic carbocycles. The lowest BCUT2D eigenvalue weighted by Crippen LogP contribution is -2.47. The molecular weight excluding hydrogens is 352 g/mol. The van der Waals surface area contributed by atoms with E-state index >= 15 is 0 Å². The molecule has 1 fully saturated rings. The van der Waals surface area contributed by atoms with Crippen LogP contribution in [0.15, 0.2) is 67.1 Å². The number of rotatable bonds is 5. The van der Waals surface area contributed by atoms with Gasteiger partial charge < -0.3 is 15.1 Å². The number of nitrogens with one attached hydrogen (secondary N) is 1. The van der Waals surface area contributed by atoms with Gasteiger partial charge in [-0.2, -0.15) is 0 Å². The number of pyridine rings is 1. The molecule has 1 amide bonds. The average Bonchev–Trinajstić information content (AvgIpc) is 2.76. The molecule has 1 aliphatic rings. The Kier molecular flexibility index (Phi) is 5.42. The van der Waals surface area contributed by atoms with Crippen molar-refractivity contribution >= 4 is 23.4 Å². The normalized spacial score (nSPS) is 14.0. The predicted octanol–water partition coefficient (Wildman–Crippen LogP) is 2.38. The number of nitrogens with zero attached hydrogens (tertiary/aromatic N) is 5. The van der Waals surface area contributed by atoms with E-state index in [2.05, 4.69) is 30.1 Å². The molecule has 142 valence electrons. The van der Waals surface area contributed by atoms with Gasteiger partial charge in [0.05, 0.1) is 24.5 Å². The topological polar surface area (TPSA) is 74.2 Å². The minimum absolute atomic E-state index is 0.0773. The standard InChI is InChI=1S/C21H22N6O/c28-20(14-17-6-2-1-3-7-17)25-18-15-23-21(24-16-18)27-12-10-26(11-13-27)19-8-4-5-9-22-19/h1-9,15-16H,10-14H2,(H,25,28). The van der Waals surface area contributed by atoms with Crippen molar-refractivity contribution in [2.75, 3.05) is 41.3 Å². The third-order valence-corrected chi connectivity index (χ3v) is 4.67. The van der Waals surface area contributed by atoms with Gasteiger partial charge in [-0.25, -0.2) is 15.0 Å². The lowest BCUT2D eigenvalue weighted by atomic mass is 10.1. The second kappa shape index (κ2) is 8.47. The van der Waals surface area contributed by atoms with Crippen molar-refractivity contribution in [1.82, 2.24) is 15.0 Å². The summed E-state index contributed by atoms with van der Waals surface area (Å²) >= 11 is 0. The molecule has 28 heavy (non-hydrogen) atoms. The van der Waals surface area contributed by atoms with E-state index in [4.69, 9.17) is 0 Å². The van der Waals surface area contributed by atoms with Crippen LogP contribution in [0.25, 0.3) is 0 Å². The van der Waals surface area contributed by atoms with E-state index in [9.17, 15) is 4.79 Å². The van der Waals surface area contributed by atoms with Crippen molar-refractivity contribution in [2.45, 2.75) is 6.42 Å². The van der Waals surface area contributed by atoms with Crippen molar-refractivity contribution in [2.24, 2.45) is 0 Å². The number of amides is 1. The Hall–Kier alpha value is -3.48. The van der Waals surface area contributed by atoms with Gasteiger partial charge in [0.1, 0.15) is 5.82 Å². The van der Waals surface area contributed by atoms with Crippen LogP contribution in [0.5, 0.6) is 0 Å². The molecule has 0 unspecified atom stereocenters. The molecule has 0 aliphatic carbocycles. The Morgan fingerprint density at radius 2 is 1.54 bits per heavy atom. The van der Waals surface area contributed by atoms with Crippen molar-refractivity contribution in [3.8, 4) is 0 Å². The minimum atomic E-state index is -0.0773. The molecule has 1 N–H and O–H groups in total. The fraction of sp³-hybridized carbons (Fsp3) is 0.238. The third kappa shape index (κ3) is 4.43. The van der Waals surface area contributed by atoms with Gasteiger partial charge >= 0.3 is 0 Å². The molecule has 0 atom stereocenters. The van der Waals surface area contributed by atoms with Gasteiger partial charge in [0, 0.05) is 32.4 Å². The van der Waals surface area contributed by atoms with Crippen molar-refractivity contribution < 1.29 is 4.79 Å². The fourth-order valence-electron chi connectivity index (χ4n) is 3.21. The van der Waals surface area contributed by atoms with Crippen LogP contribution in [0.1, 0.15) is 5.56 Å². The van der Waals surface area contributed by atoms with Gasteiger partial charge in [0.25, 0.3) is 0 Å². The monoisotopic (exact) mass is 374 g/mol. The highest BCUT2D eigenvalue weighted by Crippen LogP contribution is 2.16. The minimum Gasteiger partial charge on any atom is -0.353 e. The van der Waals surface area contributed by atoms with E-state index in [0.29, 0.717) is 18.1 Å². The van der Waals surface area contributed by atoms with Crippen LogP contribution in [0, 0.1) is 0 Å². The first kappa shape index (κ1) is 17.9. The molecular formula is C21H22N6O. The Balaban J connectivity index is 1.31. The Labute approximate surface area is 164 Å². The molecule has 3 aromatic rings. The first-order chi connectivity index (χ1) is 13.8. The summed E-state index contributed by atoms with van der Waals surface area (Å²) in [5.41, 5.74) is 1.58. The summed E-state index contributed by atoms with van der Waals surface area (Å²) in [5, 5.41) is 2.85. The fourth-order valence-corrected chi connectivity index (χ4v) is 3.21. The van der Waals surface area contributed by atoms with Gasteiger partial charge in [-0.15, -0.1) is 0 Å². The van der Waals surface area contributed by atoms with Crippen LogP contribution in [0.2, 0.25) is 0 Å². The van der Waals surface area contributed by atoms with Crippen LogP contribution in [0.4, 0.5) is 17.5 Å². The average molecular weight is 374 g/mol. The molecule has 0 bridgehead atoms. The van der Waals surface area contributed by atoms with Gasteiger partial charge in [-0.05, 0) is 17.7 Å². The highest BCUT2D eigenvalue weighted by Gasteiger charge is 2.19. The lowest BCUT2D eigenvalue weighted by molar-refractivity contribution is -0.115. The zero-order valence-corrected chi connectivity index (χ0v) is 15.5. The SMILES string of the molecule is O=C(Cc1ccccc1)Nc1cnc(N2CCN(c3ccccn3)CC2)nc1. The number of hydrogen-bond donors (Lipinski definition) is 1. The highest BCUT2D eigenvalue weighted by atomic mass is 16.1. The number of hydrogen-bond acceptors (Lipinski definition) is 6. The van der Waals surface area contributed by atoms with E-state index in [-0.39, 0.29) is 5.91 Å². The second-order valence-corrected chi connectivity index (χ2v) is 6.64. The number of anilines is 3. The largest absolute Gasteiger partial charge is 0.353 e. The van der Waals surface area contributed by atoms with Crippen LogP contribution in [-0.4, -0.2) is 47.0 Å². The quantitative estimate of drug-likeness (QED) is 0.739. The maximum absolute atomic E-state index is 12.2. The maximum atomic E-state index is 12.2. The number of aromatic nitrogens is 3. The molecule has 7 heteroatoms. The lowest BCUT2D eigenvalue weighted by Gasteiger charge is -2.35. The van der Waals surface area contributed by atoms with Gasteiger partial charge in [-0.1, -0.05) is 36.4 Å². The summed E-state index contributed by atoms with van der Waals surface area (Å²) in [6.45, 7) is 3.40. The van der Waals surface area contributed by atoms with E-state index in [1.165, 1.54) is 0 Å². The van der Waals surface area contributed by atoms with Gasteiger partial charge in [0.2, 0.25) is 11.9 Å². The zero-order chi connectivity index (χ0) is 19.2. The summed E-state index contributed by atoms with van der Waals surface area (Å²) in [6, 6.07) is 15.6. The Morgan fingerprint density at radius 3 is 2.21 bits per heavy atom. The van der Waals surface area contributed by atoms with Crippen LogP contribution >= 0.6 is 0 Å². The first-order valence-corrected chi connectivity index (χ1v) is 9.35. The molecule has 0 radical (unpaired) electrons. The van der Waals surface area contributed by atoms with Crippen molar-refractivity contribution in [1.29, 1.82) is 0 Å². The van der Waals surface area contributed by atoms with Crippen LogP contribution in [0.3, 0.4) is 0 Å². The Morgan fingerprint density at radius 1 is 0.857 bits per heavy atom.